The first-order valence-electron chi connectivity index (χ1n) is 7.58. The number of carbonyl (C=O) groups is 2. The summed E-state index contributed by atoms with van der Waals surface area (Å²) in [6.45, 7) is 1.48. The summed E-state index contributed by atoms with van der Waals surface area (Å²) >= 11 is 2.21. The monoisotopic (exact) mass is 430 g/mol. The number of hydrogen-bond acceptors (Lipinski definition) is 9. The fourth-order valence-corrected chi connectivity index (χ4v) is 4.56. The van der Waals surface area contributed by atoms with Crippen LogP contribution in [0.25, 0.3) is 0 Å². The maximum absolute atomic E-state index is 12.5. The van der Waals surface area contributed by atoms with Gasteiger partial charge in [-0.1, -0.05) is 40.8 Å². The molecular weight excluding hydrogens is 412 g/mol. The van der Waals surface area contributed by atoms with Crippen LogP contribution in [0.15, 0.2) is 33.5 Å². The Morgan fingerprint density at radius 1 is 1.26 bits per heavy atom. The second kappa shape index (κ2) is 9.26. The lowest BCUT2D eigenvalue weighted by molar-refractivity contribution is -0.137. The number of nitrogens with one attached hydrogen (secondary N) is 1. The Morgan fingerprint density at radius 3 is 2.56 bits per heavy atom. The van der Waals surface area contributed by atoms with Crippen LogP contribution in [0, 0.1) is 6.92 Å². The molecular formula is C15H18N4O5S3. The van der Waals surface area contributed by atoms with E-state index in [0.29, 0.717) is 4.34 Å². The third-order valence-corrected chi connectivity index (χ3v) is 7.05. The van der Waals surface area contributed by atoms with Crippen LogP contribution in [-0.2, 0) is 24.3 Å². The van der Waals surface area contributed by atoms with Crippen LogP contribution in [0.2, 0.25) is 0 Å². The summed E-state index contributed by atoms with van der Waals surface area (Å²) in [6, 6.07) is 6.37. The molecule has 1 heterocycles. The molecule has 0 aliphatic rings. The van der Waals surface area contributed by atoms with Crippen LogP contribution in [0.5, 0.6) is 0 Å². The Balaban J connectivity index is 1.94. The number of carbonyl (C=O) groups excluding carboxylic acids is 2. The van der Waals surface area contributed by atoms with E-state index < -0.39 is 21.9 Å². The number of hydrogen-bond donors (Lipinski definition) is 1. The number of nitrogens with zero attached hydrogens (tertiary/aromatic N) is 3. The van der Waals surface area contributed by atoms with Gasteiger partial charge in [0, 0.05) is 7.05 Å². The normalized spacial score (nSPS) is 11.4. The Labute approximate surface area is 165 Å². The van der Waals surface area contributed by atoms with Crippen LogP contribution in [-0.4, -0.2) is 61.3 Å². The minimum Gasteiger partial charge on any atom is -0.468 e. The number of aryl methyl sites for hydroxylation is 1. The Morgan fingerprint density at radius 2 is 1.93 bits per heavy atom. The largest absolute Gasteiger partial charge is 0.468 e. The molecule has 0 fully saturated rings. The van der Waals surface area contributed by atoms with E-state index in [1.54, 1.807) is 12.1 Å². The van der Waals surface area contributed by atoms with Crippen LogP contribution < -0.4 is 5.32 Å². The fourth-order valence-electron chi connectivity index (χ4n) is 1.83. The maximum atomic E-state index is 12.5. The molecule has 0 atom stereocenters. The number of anilines is 1. The quantitative estimate of drug-likeness (QED) is 0.379. The molecule has 1 aromatic carbocycles. The number of methoxy groups -OCH3 is 1. The van der Waals surface area contributed by atoms with Crippen molar-refractivity contribution in [1.82, 2.24) is 14.5 Å². The van der Waals surface area contributed by atoms with E-state index in [2.05, 4.69) is 20.3 Å². The smallest absolute Gasteiger partial charge is 0.316 e. The van der Waals surface area contributed by atoms with E-state index in [0.717, 1.165) is 33.0 Å². The average molecular weight is 431 g/mol. The second-order valence-corrected chi connectivity index (χ2v) is 9.61. The zero-order valence-corrected chi connectivity index (χ0v) is 17.3. The summed E-state index contributed by atoms with van der Waals surface area (Å²) < 4.78 is 30.9. The molecule has 9 nitrogen and oxygen atoms in total. The van der Waals surface area contributed by atoms with Crippen LogP contribution in [0.1, 0.15) is 5.56 Å². The lowest BCUT2D eigenvalue weighted by Crippen LogP contribution is -2.34. The number of sulfonamides is 1. The zero-order valence-electron chi connectivity index (χ0n) is 14.8. The van der Waals surface area contributed by atoms with E-state index in [-0.39, 0.29) is 22.3 Å². The van der Waals surface area contributed by atoms with Crippen molar-refractivity contribution in [3.8, 4) is 0 Å². The van der Waals surface area contributed by atoms with E-state index in [9.17, 15) is 18.0 Å². The number of amides is 1. The number of ether oxygens (including phenoxy) is 1. The predicted molar refractivity (Wildman–Crippen MR) is 102 cm³/mol. The molecule has 2 rings (SSSR count). The van der Waals surface area contributed by atoms with Crippen molar-refractivity contribution in [2.24, 2.45) is 0 Å². The summed E-state index contributed by atoms with van der Waals surface area (Å²) in [4.78, 5) is 23.3. The molecule has 12 heteroatoms. The van der Waals surface area contributed by atoms with Crippen molar-refractivity contribution < 1.29 is 22.7 Å². The van der Waals surface area contributed by atoms with Gasteiger partial charge in [-0.2, -0.15) is 4.31 Å². The number of rotatable bonds is 8. The second-order valence-electron chi connectivity index (χ2n) is 5.36. The number of aromatic nitrogens is 2. The van der Waals surface area contributed by atoms with Gasteiger partial charge >= 0.3 is 5.97 Å². The van der Waals surface area contributed by atoms with Gasteiger partial charge in [0.2, 0.25) is 21.1 Å². The van der Waals surface area contributed by atoms with Gasteiger partial charge in [-0.3, -0.25) is 14.9 Å². The van der Waals surface area contributed by atoms with E-state index in [1.165, 1.54) is 26.3 Å². The van der Waals surface area contributed by atoms with E-state index in [4.69, 9.17) is 0 Å². The Kier molecular flexibility index (Phi) is 7.30. The molecule has 0 radical (unpaired) electrons. The topological polar surface area (TPSA) is 119 Å². The van der Waals surface area contributed by atoms with Crippen molar-refractivity contribution >= 4 is 50.1 Å². The third-order valence-electron chi connectivity index (χ3n) is 3.29. The van der Waals surface area contributed by atoms with Gasteiger partial charge < -0.3 is 4.74 Å². The number of esters is 1. The van der Waals surface area contributed by atoms with Crippen LogP contribution >= 0.6 is 23.1 Å². The lowest BCUT2D eigenvalue weighted by Gasteiger charge is -2.16. The minimum absolute atomic E-state index is 0.0800. The first kappa shape index (κ1) is 21.3. The maximum Gasteiger partial charge on any atom is 0.316 e. The fraction of sp³-hybridized carbons (Fsp3) is 0.333. The molecule has 1 amide bonds. The van der Waals surface area contributed by atoms with Crippen molar-refractivity contribution in [2.75, 3.05) is 31.8 Å². The number of benzene rings is 1. The molecule has 0 bridgehead atoms. The first-order valence-corrected chi connectivity index (χ1v) is 10.8. The molecule has 0 spiro atoms. The summed E-state index contributed by atoms with van der Waals surface area (Å²) in [6.07, 6.45) is 0. The van der Waals surface area contributed by atoms with Gasteiger partial charge in [-0.05, 0) is 19.1 Å². The molecule has 0 unspecified atom stereocenters. The first-order chi connectivity index (χ1) is 12.7. The van der Waals surface area contributed by atoms with Crippen molar-refractivity contribution in [1.29, 1.82) is 0 Å². The van der Waals surface area contributed by atoms with E-state index >= 15 is 0 Å². The highest BCUT2D eigenvalue weighted by atomic mass is 32.2. The summed E-state index contributed by atoms with van der Waals surface area (Å²) in [5, 5.41) is 10.3. The molecule has 1 N–H and O–H groups in total. The number of thioether (sulfide) groups is 1. The average Bonchev–Trinajstić information content (AvgIpc) is 3.07. The highest BCUT2D eigenvalue weighted by Crippen LogP contribution is 2.25. The molecule has 0 aliphatic heterocycles. The van der Waals surface area contributed by atoms with Gasteiger partial charge in [-0.25, -0.2) is 8.42 Å². The predicted octanol–water partition coefficient (Wildman–Crippen LogP) is 1.37. The van der Waals surface area contributed by atoms with Gasteiger partial charge in [0.1, 0.15) is 0 Å². The van der Waals surface area contributed by atoms with Crippen LogP contribution in [0.3, 0.4) is 0 Å². The zero-order chi connectivity index (χ0) is 20.0. The molecule has 0 saturated heterocycles. The van der Waals surface area contributed by atoms with E-state index in [1.807, 2.05) is 6.92 Å². The SMILES string of the molecule is COC(=O)CSc1nnc(NC(=O)CN(C)S(=O)(=O)c2ccc(C)cc2)s1. The Hall–Kier alpha value is -2.02. The van der Waals surface area contributed by atoms with Gasteiger partial charge in [-0.15, -0.1) is 10.2 Å². The summed E-state index contributed by atoms with van der Waals surface area (Å²) in [7, 11) is -1.16. The van der Waals surface area contributed by atoms with Gasteiger partial charge in [0.25, 0.3) is 0 Å². The third kappa shape index (κ3) is 5.99. The van der Waals surface area contributed by atoms with Crippen LogP contribution in [0.4, 0.5) is 5.13 Å². The number of likely N-dealkylation sites (N-methyl/N-ethyl adjacent to an activating group) is 1. The Bertz CT molecular complexity index is 912. The molecule has 27 heavy (non-hydrogen) atoms. The molecule has 146 valence electrons. The molecule has 0 saturated carbocycles. The van der Waals surface area contributed by atoms with Crippen molar-refractivity contribution in [3.05, 3.63) is 29.8 Å². The van der Waals surface area contributed by atoms with Gasteiger partial charge in [0.15, 0.2) is 4.34 Å². The van der Waals surface area contributed by atoms with Crippen molar-refractivity contribution in [2.45, 2.75) is 16.2 Å². The minimum atomic E-state index is -3.77. The lowest BCUT2D eigenvalue weighted by atomic mass is 10.2. The summed E-state index contributed by atoms with van der Waals surface area (Å²) in [5.74, 6) is -0.867. The highest BCUT2D eigenvalue weighted by molar-refractivity contribution is 8.01. The highest BCUT2D eigenvalue weighted by Gasteiger charge is 2.23. The molecule has 2 aromatic rings. The standard InChI is InChI=1S/C15H18N4O5S3/c1-10-4-6-11(7-5-10)27(22,23)19(2)8-12(20)16-14-17-18-15(26-14)25-9-13(21)24-3/h4-7H,8-9H2,1-3H3,(H,16,17,20). The van der Waals surface area contributed by atoms with Crippen molar-refractivity contribution in [3.63, 3.8) is 0 Å². The summed E-state index contributed by atoms with van der Waals surface area (Å²) in [5.41, 5.74) is 0.937. The van der Waals surface area contributed by atoms with Gasteiger partial charge in [0.05, 0.1) is 24.3 Å². The molecule has 1 aromatic heterocycles. The molecule has 0 aliphatic carbocycles.